The molecule has 0 radical (unpaired) electrons. The second-order valence-electron chi connectivity index (χ2n) is 4.26. The number of para-hydroxylation sites is 1. The van der Waals surface area contributed by atoms with Gasteiger partial charge in [-0.1, -0.05) is 18.2 Å². The first-order chi connectivity index (χ1) is 8.90. The molecule has 0 saturated heterocycles. The molecule has 0 unspecified atom stereocenters. The Bertz CT molecular complexity index is 584. The van der Waals surface area contributed by atoms with Gasteiger partial charge in [0.05, 0.1) is 5.52 Å². The molecule has 2 aromatic rings. The number of pyridine rings is 1. The molecule has 102 valence electrons. The van der Waals surface area contributed by atoms with Crippen LogP contribution in [-0.4, -0.2) is 24.8 Å². The van der Waals surface area contributed by atoms with E-state index >= 15 is 0 Å². The van der Waals surface area contributed by atoms with Gasteiger partial charge in [0.25, 0.3) is 0 Å². The summed E-state index contributed by atoms with van der Waals surface area (Å²) in [5, 5.41) is 0.863. The monoisotopic (exact) mass is 288 g/mol. The highest BCUT2D eigenvalue weighted by Gasteiger charge is 2.30. The Morgan fingerprint density at radius 2 is 1.95 bits per heavy atom. The molecule has 0 spiro atoms. The summed E-state index contributed by atoms with van der Waals surface area (Å²) >= 11 is 5.85. The number of alkyl halides is 4. The molecule has 2 nitrogen and oxygen atoms in total. The van der Waals surface area contributed by atoms with E-state index in [0.717, 1.165) is 15.8 Å². The first-order valence-corrected chi connectivity index (χ1v) is 6.16. The Hall–Kier alpha value is -1.49. The second-order valence-corrected chi connectivity index (χ2v) is 4.53. The number of nitrogens with zero attached hydrogens (tertiary/aromatic N) is 2. The predicted octanol–water partition coefficient (Wildman–Crippen LogP) is 3.97. The van der Waals surface area contributed by atoms with Crippen molar-refractivity contribution in [2.24, 2.45) is 0 Å². The third-order valence-corrected chi connectivity index (χ3v) is 3.03. The molecule has 19 heavy (non-hydrogen) atoms. The topological polar surface area (TPSA) is 16.1 Å². The van der Waals surface area contributed by atoms with Gasteiger partial charge in [-0.05, 0) is 17.7 Å². The van der Waals surface area contributed by atoms with Crippen molar-refractivity contribution in [3.63, 3.8) is 0 Å². The number of benzene rings is 1. The smallest absolute Gasteiger partial charge is 0.351 e. The van der Waals surface area contributed by atoms with E-state index in [1.165, 1.54) is 7.05 Å². The average molecular weight is 289 g/mol. The largest absolute Gasteiger partial charge is 0.405 e. The van der Waals surface area contributed by atoms with Crippen molar-refractivity contribution in [2.75, 3.05) is 18.5 Å². The van der Waals surface area contributed by atoms with Crippen LogP contribution in [-0.2, 0) is 5.88 Å². The fourth-order valence-electron chi connectivity index (χ4n) is 1.89. The maximum atomic E-state index is 12.4. The van der Waals surface area contributed by atoms with Crippen LogP contribution >= 0.6 is 11.6 Å². The average Bonchev–Trinajstić information content (AvgIpc) is 2.35. The minimum Gasteiger partial charge on any atom is -0.351 e. The molecular weight excluding hydrogens is 277 g/mol. The molecule has 1 aromatic carbocycles. The summed E-state index contributed by atoms with van der Waals surface area (Å²) < 4.78 is 37.2. The third-order valence-electron chi connectivity index (χ3n) is 2.74. The molecule has 6 heteroatoms. The van der Waals surface area contributed by atoms with E-state index in [2.05, 4.69) is 4.98 Å². The van der Waals surface area contributed by atoms with Gasteiger partial charge in [-0.3, -0.25) is 0 Å². The molecule has 0 atom stereocenters. The first-order valence-electron chi connectivity index (χ1n) is 5.63. The summed E-state index contributed by atoms with van der Waals surface area (Å²) in [4.78, 5) is 5.31. The van der Waals surface area contributed by atoms with Gasteiger partial charge in [-0.15, -0.1) is 11.6 Å². The molecule has 0 aliphatic rings. The van der Waals surface area contributed by atoms with E-state index in [1.807, 2.05) is 12.1 Å². The van der Waals surface area contributed by atoms with Crippen LogP contribution in [0.5, 0.6) is 0 Å². The summed E-state index contributed by atoms with van der Waals surface area (Å²) in [6.07, 6.45) is -4.26. The maximum absolute atomic E-state index is 12.4. The zero-order valence-electron chi connectivity index (χ0n) is 10.2. The Kier molecular flexibility index (Phi) is 3.85. The lowest BCUT2D eigenvalue weighted by Gasteiger charge is -2.21. The summed E-state index contributed by atoms with van der Waals surface area (Å²) in [5.74, 6) is 0.502. The number of hydrogen-bond donors (Lipinski definition) is 0. The van der Waals surface area contributed by atoms with Crippen molar-refractivity contribution in [3.8, 4) is 0 Å². The van der Waals surface area contributed by atoms with Crippen molar-refractivity contribution in [2.45, 2.75) is 12.1 Å². The lowest BCUT2D eigenvalue weighted by molar-refractivity contribution is -0.119. The number of anilines is 1. The zero-order chi connectivity index (χ0) is 14.0. The molecule has 0 fully saturated rings. The van der Waals surface area contributed by atoms with E-state index < -0.39 is 12.7 Å². The van der Waals surface area contributed by atoms with E-state index in [1.54, 1.807) is 18.2 Å². The minimum atomic E-state index is -4.26. The molecule has 0 saturated carbocycles. The molecule has 1 aromatic heterocycles. The molecule has 1 heterocycles. The van der Waals surface area contributed by atoms with Gasteiger partial charge < -0.3 is 4.90 Å². The Labute approximate surface area is 113 Å². The fraction of sp³-hybridized carbons (Fsp3) is 0.308. The predicted molar refractivity (Wildman–Crippen MR) is 70.6 cm³/mol. The van der Waals surface area contributed by atoms with Crippen LogP contribution in [0.1, 0.15) is 5.56 Å². The van der Waals surface area contributed by atoms with Gasteiger partial charge >= 0.3 is 6.18 Å². The Morgan fingerprint density at radius 3 is 2.58 bits per heavy atom. The van der Waals surface area contributed by atoms with E-state index in [9.17, 15) is 13.2 Å². The third kappa shape index (κ3) is 3.29. The second kappa shape index (κ2) is 5.25. The van der Waals surface area contributed by atoms with Crippen molar-refractivity contribution >= 4 is 28.3 Å². The van der Waals surface area contributed by atoms with Crippen molar-refractivity contribution in [3.05, 3.63) is 35.9 Å². The summed E-state index contributed by atoms with van der Waals surface area (Å²) in [6, 6.07) is 8.85. The normalized spacial score (nSPS) is 11.8. The fourth-order valence-corrected chi connectivity index (χ4v) is 2.11. The Balaban J connectivity index is 2.44. The summed E-state index contributed by atoms with van der Waals surface area (Å²) in [6.45, 7) is -1.04. The van der Waals surface area contributed by atoms with Crippen LogP contribution < -0.4 is 4.90 Å². The van der Waals surface area contributed by atoms with Gasteiger partial charge in [-0.25, -0.2) is 4.98 Å². The summed E-state index contributed by atoms with van der Waals surface area (Å²) in [7, 11) is 1.36. The molecule has 0 N–H and O–H groups in total. The minimum absolute atomic E-state index is 0.232. The van der Waals surface area contributed by atoms with Crippen LogP contribution in [0.2, 0.25) is 0 Å². The van der Waals surface area contributed by atoms with Gasteiger partial charge in [0.15, 0.2) is 0 Å². The number of halogens is 4. The van der Waals surface area contributed by atoms with Crippen molar-refractivity contribution < 1.29 is 13.2 Å². The van der Waals surface area contributed by atoms with Crippen LogP contribution in [0.4, 0.5) is 19.0 Å². The van der Waals surface area contributed by atoms with E-state index in [0.29, 0.717) is 5.52 Å². The first kappa shape index (κ1) is 13.9. The van der Waals surface area contributed by atoms with Crippen LogP contribution in [0.15, 0.2) is 30.3 Å². The van der Waals surface area contributed by atoms with Crippen molar-refractivity contribution in [1.29, 1.82) is 0 Å². The zero-order valence-corrected chi connectivity index (χ0v) is 11.0. The number of rotatable bonds is 3. The highest BCUT2D eigenvalue weighted by atomic mass is 35.5. The lowest BCUT2D eigenvalue weighted by atomic mass is 10.1. The molecule has 0 amide bonds. The number of hydrogen-bond acceptors (Lipinski definition) is 2. The molecule has 2 rings (SSSR count). The molecule has 0 aliphatic carbocycles. The highest BCUT2D eigenvalue weighted by Crippen LogP contribution is 2.25. The van der Waals surface area contributed by atoms with Crippen molar-refractivity contribution in [1.82, 2.24) is 4.98 Å². The van der Waals surface area contributed by atoms with E-state index in [-0.39, 0.29) is 11.7 Å². The van der Waals surface area contributed by atoms with Crippen LogP contribution in [0, 0.1) is 0 Å². The molecule has 0 aliphatic heterocycles. The van der Waals surface area contributed by atoms with Gasteiger partial charge in [0, 0.05) is 18.3 Å². The number of aromatic nitrogens is 1. The van der Waals surface area contributed by atoms with E-state index in [4.69, 9.17) is 11.6 Å². The Morgan fingerprint density at radius 1 is 1.26 bits per heavy atom. The summed E-state index contributed by atoms with van der Waals surface area (Å²) in [5.41, 5.74) is 1.42. The number of fused-ring (bicyclic) bond motifs is 1. The SMILES string of the molecule is CN(CC(F)(F)F)c1cc(CCl)c2ccccc2n1. The van der Waals surface area contributed by atoms with Gasteiger partial charge in [0.1, 0.15) is 12.4 Å². The maximum Gasteiger partial charge on any atom is 0.405 e. The highest BCUT2D eigenvalue weighted by molar-refractivity contribution is 6.18. The van der Waals surface area contributed by atoms with Gasteiger partial charge in [0.2, 0.25) is 0 Å². The molecule has 0 bridgehead atoms. The van der Waals surface area contributed by atoms with Crippen LogP contribution in [0.25, 0.3) is 10.9 Å². The standard InChI is InChI=1S/C13H12ClF3N2/c1-19(8-13(15,16)17)12-6-9(7-14)10-4-2-3-5-11(10)18-12/h2-6H,7-8H2,1H3. The quantitative estimate of drug-likeness (QED) is 0.795. The van der Waals surface area contributed by atoms with Crippen LogP contribution in [0.3, 0.4) is 0 Å². The van der Waals surface area contributed by atoms with Gasteiger partial charge in [-0.2, -0.15) is 13.2 Å². The lowest BCUT2D eigenvalue weighted by Crippen LogP contribution is -2.31. The molecular formula is C13H12ClF3N2.